The van der Waals surface area contributed by atoms with Crippen LogP contribution in [0.15, 0.2) is 57.4 Å². The molecular weight excluding hydrogens is 510 g/mol. The van der Waals surface area contributed by atoms with Crippen LogP contribution in [0.1, 0.15) is 29.6 Å². The van der Waals surface area contributed by atoms with Crippen molar-refractivity contribution in [2.75, 3.05) is 17.7 Å². The predicted octanol–water partition coefficient (Wildman–Crippen LogP) is 5.19. The third-order valence-corrected chi connectivity index (χ3v) is 6.92. The van der Waals surface area contributed by atoms with E-state index in [1.54, 1.807) is 36.4 Å². The van der Waals surface area contributed by atoms with E-state index in [0.29, 0.717) is 43.9 Å². The molecular formula is C23H20ClN5O4S2. The van der Waals surface area contributed by atoms with E-state index in [1.165, 1.54) is 23.1 Å². The molecule has 180 valence electrons. The van der Waals surface area contributed by atoms with Crippen molar-refractivity contribution in [2.24, 2.45) is 0 Å². The summed E-state index contributed by atoms with van der Waals surface area (Å²) in [5.74, 6) is 1.34. The van der Waals surface area contributed by atoms with Gasteiger partial charge in [0.2, 0.25) is 22.8 Å². The number of ketones is 1. The first kappa shape index (κ1) is 24.8. The molecule has 0 saturated carbocycles. The molecule has 0 atom stereocenters. The van der Waals surface area contributed by atoms with Crippen molar-refractivity contribution in [1.29, 1.82) is 0 Å². The van der Waals surface area contributed by atoms with Gasteiger partial charge in [-0.3, -0.25) is 9.59 Å². The Hall–Kier alpha value is -3.28. The lowest BCUT2D eigenvalue weighted by Gasteiger charge is -2.03. The zero-order valence-corrected chi connectivity index (χ0v) is 21.0. The highest BCUT2D eigenvalue weighted by atomic mass is 35.5. The van der Waals surface area contributed by atoms with Crippen molar-refractivity contribution < 1.29 is 18.8 Å². The quantitative estimate of drug-likeness (QED) is 0.159. The van der Waals surface area contributed by atoms with Crippen LogP contribution in [0, 0.1) is 0 Å². The summed E-state index contributed by atoms with van der Waals surface area (Å²) in [6.07, 6.45) is 0.392. The van der Waals surface area contributed by atoms with E-state index < -0.39 is 0 Å². The molecule has 0 radical (unpaired) electrons. The average molecular weight is 530 g/mol. The van der Waals surface area contributed by atoms with Gasteiger partial charge >= 0.3 is 0 Å². The minimum atomic E-state index is -0.263. The van der Waals surface area contributed by atoms with Gasteiger partial charge in [-0.2, -0.15) is 4.98 Å². The second-order valence-corrected chi connectivity index (χ2v) is 9.69. The number of carbonyl (C=O) groups excluding carboxylic acids is 2. The maximum Gasteiger partial charge on any atom is 0.227 e. The molecule has 1 N–H and O–H groups in total. The van der Waals surface area contributed by atoms with Crippen LogP contribution in [0.3, 0.4) is 0 Å². The molecule has 9 nitrogen and oxygen atoms in total. The molecule has 0 aliphatic carbocycles. The van der Waals surface area contributed by atoms with E-state index in [9.17, 15) is 9.59 Å². The molecule has 0 spiro atoms. The molecule has 35 heavy (non-hydrogen) atoms. The van der Waals surface area contributed by atoms with Crippen LogP contribution in [0.4, 0.5) is 5.13 Å². The number of Topliss-reactive ketones (excluding diaryl/α,β-unsaturated/α-hetero) is 1. The minimum Gasteiger partial charge on any atom is -0.494 e. The van der Waals surface area contributed by atoms with E-state index in [-0.39, 0.29) is 30.3 Å². The number of carbonyl (C=O) groups is 2. The van der Waals surface area contributed by atoms with Gasteiger partial charge in [0.15, 0.2) is 10.1 Å². The molecule has 0 aliphatic heterocycles. The normalized spacial score (nSPS) is 10.8. The first-order chi connectivity index (χ1) is 17.0. The van der Waals surface area contributed by atoms with Crippen LogP contribution in [0.2, 0.25) is 5.02 Å². The fourth-order valence-corrected chi connectivity index (χ4v) is 4.83. The smallest absolute Gasteiger partial charge is 0.227 e. The van der Waals surface area contributed by atoms with E-state index in [1.807, 2.05) is 19.1 Å². The second kappa shape index (κ2) is 11.9. The highest BCUT2D eigenvalue weighted by Gasteiger charge is 2.15. The molecule has 4 rings (SSSR count). The molecule has 1 amide bonds. The Morgan fingerprint density at radius 3 is 2.71 bits per heavy atom. The summed E-state index contributed by atoms with van der Waals surface area (Å²) in [7, 11) is 0. The minimum absolute atomic E-state index is 0.0328. The molecule has 0 unspecified atom stereocenters. The van der Waals surface area contributed by atoms with E-state index in [0.717, 1.165) is 5.75 Å². The molecule has 4 aromatic rings. The van der Waals surface area contributed by atoms with Gasteiger partial charge in [-0.05, 0) is 43.3 Å². The fraction of sp³-hybridized carbons (Fsp3) is 0.217. The maximum absolute atomic E-state index is 12.4. The SMILES string of the molecule is CCOc1ccc(C(=O)CSc2nnc(NC(=O)CCc3nc(-c4ccccc4Cl)no3)s2)cc1. The molecule has 2 aromatic heterocycles. The number of nitrogens with one attached hydrogen (secondary N) is 1. The number of rotatable bonds is 11. The summed E-state index contributed by atoms with van der Waals surface area (Å²) < 4.78 is 11.2. The number of thioether (sulfide) groups is 1. The molecule has 0 bridgehead atoms. The molecule has 12 heteroatoms. The van der Waals surface area contributed by atoms with Crippen molar-refractivity contribution in [3.05, 3.63) is 65.0 Å². The summed E-state index contributed by atoms with van der Waals surface area (Å²) in [6.45, 7) is 2.47. The van der Waals surface area contributed by atoms with Gasteiger partial charge in [-0.1, -0.05) is 52.0 Å². The van der Waals surface area contributed by atoms with Gasteiger partial charge in [0, 0.05) is 24.0 Å². The van der Waals surface area contributed by atoms with Crippen LogP contribution in [0.25, 0.3) is 11.4 Å². The van der Waals surface area contributed by atoms with E-state index >= 15 is 0 Å². The highest BCUT2D eigenvalue weighted by Crippen LogP contribution is 2.27. The van der Waals surface area contributed by atoms with Gasteiger partial charge in [0.25, 0.3) is 0 Å². The average Bonchev–Trinajstić information content (AvgIpc) is 3.52. The Morgan fingerprint density at radius 2 is 1.94 bits per heavy atom. The van der Waals surface area contributed by atoms with Gasteiger partial charge in [-0.25, -0.2) is 0 Å². The predicted molar refractivity (Wildman–Crippen MR) is 134 cm³/mol. The van der Waals surface area contributed by atoms with Crippen LogP contribution in [-0.4, -0.2) is 44.4 Å². The first-order valence-corrected chi connectivity index (χ1v) is 12.8. The number of anilines is 1. The van der Waals surface area contributed by atoms with Crippen molar-refractivity contribution in [3.63, 3.8) is 0 Å². The van der Waals surface area contributed by atoms with Gasteiger partial charge in [-0.15, -0.1) is 10.2 Å². The monoisotopic (exact) mass is 529 g/mol. The zero-order valence-electron chi connectivity index (χ0n) is 18.6. The van der Waals surface area contributed by atoms with Crippen LogP contribution >= 0.6 is 34.7 Å². The molecule has 0 aliphatic rings. The number of amides is 1. The zero-order chi connectivity index (χ0) is 24.6. The van der Waals surface area contributed by atoms with Gasteiger partial charge in [0.05, 0.1) is 17.4 Å². The molecule has 0 fully saturated rings. The number of hydrogen-bond donors (Lipinski definition) is 1. The van der Waals surface area contributed by atoms with Crippen LogP contribution < -0.4 is 10.1 Å². The van der Waals surface area contributed by atoms with E-state index in [2.05, 4.69) is 25.7 Å². The van der Waals surface area contributed by atoms with Crippen molar-refractivity contribution >= 4 is 51.5 Å². The number of hydrogen-bond acceptors (Lipinski definition) is 10. The topological polar surface area (TPSA) is 120 Å². The van der Waals surface area contributed by atoms with Crippen LogP contribution in [-0.2, 0) is 11.2 Å². The fourth-order valence-electron chi connectivity index (χ4n) is 2.94. The first-order valence-electron chi connectivity index (χ1n) is 10.6. The summed E-state index contributed by atoms with van der Waals surface area (Å²) >= 11 is 8.62. The number of aromatic nitrogens is 4. The number of benzene rings is 2. The summed E-state index contributed by atoms with van der Waals surface area (Å²) in [4.78, 5) is 29.0. The largest absolute Gasteiger partial charge is 0.494 e. The van der Waals surface area contributed by atoms with Gasteiger partial charge in [0.1, 0.15) is 5.75 Å². The number of aryl methyl sites for hydroxylation is 1. The molecule has 0 saturated heterocycles. The summed E-state index contributed by atoms with van der Waals surface area (Å²) in [5, 5.41) is 15.5. The number of halogens is 1. The van der Waals surface area contributed by atoms with Crippen molar-refractivity contribution in [2.45, 2.75) is 24.1 Å². The Balaban J connectivity index is 1.23. The lowest BCUT2D eigenvalue weighted by molar-refractivity contribution is -0.116. The Kier molecular flexibility index (Phi) is 8.45. The third kappa shape index (κ3) is 6.87. The summed E-state index contributed by atoms with van der Waals surface area (Å²) in [6, 6.07) is 14.2. The molecule has 2 aromatic carbocycles. The Morgan fingerprint density at radius 1 is 1.14 bits per heavy atom. The lowest BCUT2D eigenvalue weighted by Crippen LogP contribution is -2.12. The van der Waals surface area contributed by atoms with Crippen LogP contribution in [0.5, 0.6) is 5.75 Å². The standard InChI is InChI=1S/C23H20ClN5O4S2/c1-2-32-15-9-7-14(8-10-15)18(30)13-34-23-28-27-22(35-23)25-19(31)11-12-20-26-21(29-33-20)16-5-3-4-6-17(16)24/h3-10H,2,11-13H2,1H3,(H,25,27,31). The maximum atomic E-state index is 12.4. The van der Waals surface area contributed by atoms with Crippen molar-refractivity contribution in [1.82, 2.24) is 20.3 Å². The summed E-state index contributed by atoms with van der Waals surface area (Å²) in [5.41, 5.74) is 1.26. The number of ether oxygens (including phenoxy) is 1. The molecule has 2 heterocycles. The number of nitrogens with zero attached hydrogens (tertiary/aromatic N) is 4. The Labute approximate surface area is 214 Å². The van der Waals surface area contributed by atoms with E-state index in [4.69, 9.17) is 20.9 Å². The highest BCUT2D eigenvalue weighted by molar-refractivity contribution is 8.01. The lowest BCUT2D eigenvalue weighted by atomic mass is 10.1. The van der Waals surface area contributed by atoms with Crippen molar-refractivity contribution in [3.8, 4) is 17.1 Å². The van der Waals surface area contributed by atoms with Gasteiger partial charge < -0.3 is 14.6 Å². The Bertz CT molecular complexity index is 1310. The third-order valence-electron chi connectivity index (χ3n) is 4.62. The second-order valence-electron chi connectivity index (χ2n) is 7.08.